The van der Waals surface area contributed by atoms with Crippen LogP contribution in [0.25, 0.3) is 0 Å². The first kappa shape index (κ1) is 15.7. The highest BCUT2D eigenvalue weighted by Gasteiger charge is 2.23. The Kier molecular flexibility index (Phi) is 4.69. The molecule has 0 radical (unpaired) electrons. The van der Waals surface area contributed by atoms with Crippen molar-refractivity contribution >= 4 is 37.3 Å². The van der Waals surface area contributed by atoms with Crippen LogP contribution in [0.15, 0.2) is 38.3 Å². The molecule has 2 aromatic rings. The van der Waals surface area contributed by atoms with Gasteiger partial charge in [0, 0.05) is 13.6 Å². The molecule has 0 aliphatic heterocycles. The largest absolute Gasteiger partial charge is 0.243 e. The summed E-state index contributed by atoms with van der Waals surface area (Å²) in [5.74, 6) is 0. The van der Waals surface area contributed by atoms with Crippen molar-refractivity contribution in [3.8, 4) is 0 Å². The van der Waals surface area contributed by atoms with E-state index in [-0.39, 0.29) is 0 Å². The van der Waals surface area contributed by atoms with Crippen LogP contribution >= 0.6 is 27.3 Å². The molecule has 1 aromatic carbocycles. The Labute approximate surface area is 132 Å². The average molecular weight is 374 g/mol. The minimum Gasteiger partial charge on any atom is -0.207 e. The number of hydrogen-bond donors (Lipinski definition) is 0. The Balaban J connectivity index is 2.29. The second-order valence-corrected chi connectivity index (χ2v) is 9.09. The minimum absolute atomic E-state index is 0.373. The van der Waals surface area contributed by atoms with Crippen molar-refractivity contribution in [2.45, 2.75) is 25.3 Å². The van der Waals surface area contributed by atoms with Gasteiger partial charge >= 0.3 is 0 Å². The molecule has 0 bridgehead atoms. The lowest BCUT2D eigenvalue weighted by Crippen LogP contribution is -2.27. The monoisotopic (exact) mass is 373 g/mol. The number of halogens is 1. The van der Waals surface area contributed by atoms with Crippen molar-refractivity contribution in [3.63, 3.8) is 0 Å². The molecular weight excluding hydrogens is 358 g/mol. The number of aryl methyl sites for hydroxylation is 2. The van der Waals surface area contributed by atoms with Gasteiger partial charge in [0.15, 0.2) is 0 Å². The number of hydrogen-bond acceptors (Lipinski definition) is 3. The first-order valence-electron chi connectivity index (χ1n) is 6.07. The molecular formula is C14H16BrNO2S2. The Morgan fingerprint density at radius 2 is 1.95 bits per heavy atom. The summed E-state index contributed by atoms with van der Waals surface area (Å²) in [4.78, 5) is 0.375. The van der Waals surface area contributed by atoms with Crippen molar-refractivity contribution in [3.05, 3.63) is 50.1 Å². The second-order valence-electron chi connectivity index (χ2n) is 4.79. The molecule has 0 spiro atoms. The minimum atomic E-state index is -3.45. The third-order valence-corrected chi connectivity index (χ3v) is 6.56. The van der Waals surface area contributed by atoms with Gasteiger partial charge in [-0.2, -0.15) is 4.31 Å². The molecule has 0 saturated heterocycles. The van der Waals surface area contributed by atoms with Crippen LogP contribution in [-0.4, -0.2) is 19.8 Å². The van der Waals surface area contributed by atoms with E-state index in [2.05, 4.69) is 15.9 Å². The first-order valence-corrected chi connectivity index (χ1v) is 9.18. The lowest BCUT2D eigenvalue weighted by Gasteiger charge is -2.18. The smallest absolute Gasteiger partial charge is 0.207 e. The zero-order valence-corrected chi connectivity index (χ0v) is 14.8. The van der Waals surface area contributed by atoms with E-state index in [0.717, 1.165) is 20.5 Å². The summed E-state index contributed by atoms with van der Waals surface area (Å²) < 4.78 is 27.6. The standard InChI is InChI=1S/C14H16BrNO2S2/c1-10-4-5-13(11(2)6-10)20(17,18)16(3)8-12-7-14(15)19-9-12/h4-7,9H,8H2,1-3H3. The summed E-state index contributed by atoms with van der Waals surface area (Å²) in [5.41, 5.74) is 2.83. The third-order valence-electron chi connectivity index (χ3n) is 3.05. The molecule has 0 amide bonds. The molecule has 6 heteroatoms. The number of nitrogens with zero attached hydrogens (tertiary/aromatic N) is 1. The van der Waals surface area contributed by atoms with E-state index in [1.807, 2.05) is 37.4 Å². The molecule has 0 unspecified atom stereocenters. The van der Waals surface area contributed by atoms with E-state index >= 15 is 0 Å². The maximum Gasteiger partial charge on any atom is 0.243 e. The fraction of sp³-hybridized carbons (Fsp3) is 0.286. The fourth-order valence-electron chi connectivity index (χ4n) is 2.03. The molecule has 0 fully saturated rings. The summed E-state index contributed by atoms with van der Waals surface area (Å²) >= 11 is 4.94. The maximum absolute atomic E-state index is 12.6. The summed E-state index contributed by atoms with van der Waals surface area (Å²) in [5, 5.41) is 1.96. The summed E-state index contributed by atoms with van der Waals surface area (Å²) in [6.07, 6.45) is 0. The zero-order valence-electron chi connectivity index (χ0n) is 11.6. The van der Waals surface area contributed by atoms with E-state index in [1.54, 1.807) is 24.5 Å². The van der Waals surface area contributed by atoms with E-state index in [1.165, 1.54) is 4.31 Å². The van der Waals surface area contributed by atoms with Crippen molar-refractivity contribution in [2.24, 2.45) is 0 Å². The summed E-state index contributed by atoms with van der Waals surface area (Å²) in [6, 6.07) is 7.34. The molecule has 20 heavy (non-hydrogen) atoms. The topological polar surface area (TPSA) is 37.4 Å². The van der Waals surface area contributed by atoms with Gasteiger partial charge in [-0.3, -0.25) is 0 Å². The van der Waals surface area contributed by atoms with Gasteiger partial charge < -0.3 is 0 Å². The van der Waals surface area contributed by atoms with Crippen LogP contribution in [-0.2, 0) is 16.6 Å². The number of thiophene rings is 1. The SMILES string of the molecule is Cc1ccc(S(=O)(=O)N(C)Cc2csc(Br)c2)c(C)c1. The van der Waals surface area contributed by atoms with E-state index in [0.29, 0.717) is 11.4 Å². The molecule has 0 atom stereocenters. The van der Waals surface area contributed by atoms with Crippen LogP contribution in [0.4, 0.5) is 0 Å². The predicted molar refractivity (Wildman–Crippen MR) is 86.6 cm³/mol. The molecule has 0 aliphatic rings. The van der Waals surface area contributed by atoms with Crippen molar-refractivity contribution < 1.29 is 8.42 Å². The first-order chi connectivity index (χ1) is 9.30. The molecule has 0 saturated carbocycles. The molecule has 2 rings (SSSR count). The van der Waals surface area contributed by atoms with Crippen LogP contribution in [0.2, 0.25) is 0 Å². The normalized spacial score (nSPS) is 12.1. The van der Waals surface area contributed by atoms with Gasteiger partial charge in [-0.15, -0.1) is 11.3 Å². The average Bonchev–Trinajstić information content (AvgIpc) is 2.74. The lowest BCUT2D eigenvalue weighted by molar-refractivity contribution is 0.466. The molecule has 0 aliphatic carbocycles. The van der Waals surface area contributed by atoms with Gasteiger partial charge in [0.2, 0.25) is 10.0 Å². The highest BCUT2D eigenvalue weighted by atomic mass is 79.9. The van der Waals surface area contributed by atoms with Crippen LogP contribution in [0.3, 0.4) is 0 Å². The van der Waals surface area contributed by atoms with Crippen LogP contribution in [0.1, 0.15) is 16.7 Å². The molecule has 1 aromatic heterocycles. The number of benzene rings is 1. The molecule has 108 valence electrons. The Bertz CT molecular complexity index is 723. The molecule has 3 nitrogen and oxygen atoms in total. The van der Waals surface area contributed by atoms with Crippen LogP contribution in [0, 0.1) is 13.8 Å². The van der Waals surface area contributed by atoms with Crippen molar-refractivity contribution in [1.29, 1.82) is 0 Å². The van der Waals surface area contributed by atoms with Gasteiger partial charge in [0.1, 0.15) is 0 Å². The van der Waals surface area contributed by atoms with Crippen molar-refractivity contribution in [1.82, 2.24) is 4.31 Å². The highest BCUT2D eigenvalue weighted by molar-refractivity contribution is 9.11. The quantitative estimate of drug-likeness (QED) is 0.813. The van der Waals surface area contributed by atoms with E-state index in [9.17, 15) is 8.42 Å². The van der Waals surface area contributed by atoms with Crippen LogP contribution < -0.4 is 0 Å². The second kappa shape index (κ2) is 5.97. The predicted octanol–water partition coefficient (Wildman–Crippen LogP) is 3.95. The third kappa shape index (κ3) is 3.31. The number of sulfonamides is 1. The van der Waals surface area contributed by atoms with Gasteiger partial charge in [0.25, 0.3) is 0 Å². The van der Waals surface area contributed by atoms with Gasteiger partial charge in [-0.25, -0.2) is 8.42 Å². The Morgan fingerprint density at radius 3 is 2.50 bits per heavy atom. The zero-order chi connectivity index (χ0) is 14.9. The molecule has 1 heterocycles. The number of rotatable bonds is 4. The maximum atomic E-state index is 12.6. The summed E-state index contributed by atoms with van der Waals surface area (Å²) in [6.45, 7) is 4.16. The Hall–Kier alpha value is -0.690. The van der Waals surface area contributed by atoms with Crippen LogP contribution in [0.5, 0.6) is 0 Å². The highest BCUT2D eigenvalue weighted by Crippen LogP contribution is 2.25. The lowest BCUT2D eigenvalue weighted by atomic mass is 10.2. The van der Waals surface area contributed by atoms with Gasteiger partial charge in [0.05, 0.1) is 8.68 Å². The Morgan fingerprint density at radius 1 is 1.25 bits per heavy atom. The fourth-order valence-corrected chi connectivity index (χ4v) is 4.59. The van der Waals surface area contributed by atoms with E-state index < -0.39 is 10.0 Å². The van der Waals surface area contributed by atoms with Gasteiger partial charge in [-0.1, -0.05) is 17.7 Å². The van der Waals surface area contributed by atoms with E-state index in [4.69, 9.17) is 0 Å². The van der Waals surface area contributed by atoms with Gasteiger partial charge in [-0.05, 0) is 58.4 Å². The van der Waals surface area contributed by atoms with Crippen molar-refractivity contribution in [2.75, 3.05) is 7.05 Å². The summed E-state index contributed by atoms with van der Waals surface area (Å²) in [7, 11) is -1.84. The molecule has 0 N–H and O–H groups in total.